The van der Waals surface area contributed by atoms with E-state index in [0.717, 1.165) is 17.8 Å². The molecule has 0 aromatic carbocycles. The summed E-state index contributed by atoms with van der Waals surface area (Å²) in [6.45, 7) is 8.47. The number of aryl methyl sites for hydroxylation is 1. The number of aliphatic hydroxyl groups is 1. The molecule has 0 radical (unpaired) electrons. The first kappa shape index (κ1) is 14.7. The first-order chi connectivity index (χ1) is 8.34. The van der Waals surface area contributed by atoms with Gasteiger partial charge in [0.25, 0.3) is 0 Å². The molecule has 1 aromatic heterocycles. The molecular formula is C13H24N4O. The molecule has 5 nitrogen and oxygen atoms in total. The Bertz CT molecular complexity index is 391. The van der Waals surface area contributed by atoms with Gasteiger partial charge in [-0.1, -0.05) is 13.8 Å². The van der Waals surface area contributed by atoms with Crippen LogP contribution >= 0.6 is 0 Å². The highest BCUT2D eigenvalue weighted by molar-refractivity contribution is 5.46. The van der Waals surface area contributed by atoms with Crippen LogP contribution in [-0.2, 0) is 0 Å². The highest BCUT2D eigenvalue weighted by Crippen LogP contribution is 2.18. The van der Waals surface area contributed by atoms with Crippen molar-refractivity contribution >= 4 is 11.8 Å². The maximum Gasteiger partial charge on any atom is 0.224 e. The van der Waals surface area contributed by atoms with E-state index >= 15 is 0 Å². The lowest BCUT2D eigenvalue weighted by Gasteiger charge is -2.26. The minimum atomic E-state index is -0.731. The quantitative estimate of drug-likeness (QED) is 0.722. The molecule has 0 amide bonds. The monoisotopic (exact) mass is 252 g/mol. The van der Waals surface area contributed by atoms with Crippen LogP contribution in [0.15, 0.2) is 6.20 Å². The van der Waals surface area contributed by atoms with E-state index < -0.39 is 5.60 Å². The van der Waals surface area contributed by atoms with E-state index in [1.807, 2.05) is 13.8 Å². The molecule has 0 aliphatic heterocycles. The summed E-state index contributed by atoms with van der Waals surface area (Å²) in [7, 11) is 1.78. The zero-order valence-electron chi connectivity index (χ0n) is 11.9. The Morgan fingerprint density at radius 1 is 1.44 bits per heavy atom. The summed E-state index contributed by atoms with van der Waals surface area (Å²) in [6, 6.07) is 0. The summed E-state index contributed by atoms with van der Waals surface area (Å²) in [5.41, 5.74) is 0.236. The molecule has 5 heteroatoms. The summed E-state index contributed by atoms with van der Waals surface area (Å²) < 4.78 is 0. The van der Waals surface area contributed by atoms with Crippen molar-refractivity contribution in [2.75, 3.05) is 24.2 Å². The topological polar surface area (TPSA) is 70.1 Å². The molecule has 1 unspecified atom stereocenters. The Hall–Kier alpha value is -1.36. The number of anilines is 2. The average Bonchev–Trinajstić information content (AvgIpc) is 2.26. The molecule has 1 aromatic rings. The molecule has 0 fully saturated rings. The molecular weight excluding hydrogens is 228 g/mol. The largest absolute Gasteiger partial charge is 0.388 e. The summed E-state index contributed by atoms with van der Waals surface area (Å²) in [5, 5.41) is 16.3. The smallest absolute Gasteiger partial charge is 0.224 e. The van der Waals surface area contributed by atoms with Gasteiger partial charge in [-0.25, -0.2) is 4.98 Å². The SMILES string of the molecule is CNc1ncc(C)c(NCC(C)(O)CC(C)C)n1. The van der Waals surface area contributed by atoms with E-state index in [1.165, 1.54) is 0 Å². The van der Waals surface area contributed by atoms with Crippen LogP contribution in [-0.4, -0.2) is 34.3 Å². The van der Waals surface area contributed by atoms with Crippen LogP contribution in [0.5, 0.6) is 0 Å². The summed E-state index contributed by atoms with van der Waals surface area (Å²) in [6.07, 6.45) is 2.52. The third-order valence-electron chi connectivity index (χ3n) is 2.68. The van der Waals surface area contributed by atoms with Crippen molar-refractivity contribution in [1.29, 1.82) is 0 Å². The van der Waals surface area contributed by atoms with Crippen LogP contribution in [0.25, 0.3) is 0 Å². The Labute approximate surface area is 109 Å². The van der Waals surface area contributed by atoms with Crippen molar-refractivity contribution in [3.05, 3.63) is 11.8 Å². The molecule has 1 heterocycles. The van der Waals surface area contributed by atoms with Crippen molar-refractivity contribution in [1.82, 2.24) is 9.97 Å². The zero-order valence-corrected chi connectivity index (χ0v) is 11.9. The second-order valence-corrected chi connectivity index (χ2v) is 5.42. The van der Waals surface area contributed by atoms with Crippen molar-refractivity contribution in [3.8, 4) is 0 Å². The molecule has 0 aliphatic rings. The third kappa shape index (κ3) is 4.49. The normalized spacial score (nSPS) is 14.4. The van der Waals surface area contributed by atoms with E-state index in [2.05, 4.69) is 34.4 Å². The number of rotatable bonds is 6. The molecule has 102 valence electrons. The van der Waals surface area contributed by atoms with Gasteiger partial charge in [0.1, 0.15) is 5.82 Å². The van der Waals surface area contributed by atoms with Crippen molar-refractivity contribution in [3.63, 3.8) is 0 Å². The van der Waals surface area contributed by atoms with E-state index in [1.54, 1.807) is 13.2 Å². The van der Waals surface area contributed by atoms with Crippen molar-refractivity contribution in [2.45, 2.75) is 39.7 Å². The van der Waals surface area contributed by atoms with Gasteiger partial charge in [0.15, 0.2) is 0 Å². The lowest BCUT2D eigenvalue weighted by Crippen LogP contribution is -2.35. The van der Waals surface area contributed by atoms with Gasteiger partial charge in [-0.15, -0.1) is 0 Å². The van der Waals surface area contributed by atoms with Gasteiger partial charge in [0.2, 0.25) is 5.95 Å². The van der Waals surface area contributed by atoms with Gasteiger partial charge in [-0.3, -0.25) is 0 Å². The fourth-order valence-electron chi connectivity index (χ4n) is 1.97. The Morgan fingerprint density at radius 2 is 2.11 bits per heavy atom. The minimum Gasteiger partial charge on any atom is -0.388 e. The standard InChI is InChI=1S/C13H24N4O/c1-9(2)6-13(4,18)8-16-11-10(3)7-15-12(14-5)17-11/h7,9,18H,6,8H2,1-5H3,(H2,14,15,16,17). The highest BCUT2D eigenvalue weighted by Gasteiger charge is 2.22. The summed E-state index contributed by atoms with van der Waals surface area (Å²) >= 11 is 0. The Morgan fingerprint density at radius 3 is 2.67 bits per heavy atom. The third-order valence-corrected chi connectivity index (χ3v) is 2.68. The first-order valence-corrected chi connectivity index (χ1v) is 6.31. The van der Waals surface area contributed by atoms with Gasteiger partial charge < -0.3 is 15.7 Å². The second kappa shape index (κ2) is 6.00. The van der Waals surface area contributed by atoms with Gasteiger partial charge in [-0.05, 0) is 26.2 Å². The predicted octanol–water partition coefficient (Wildman–Crippen LogP) is 2.04. The molecule has 0 spiro atoms. The number of hydrogen-bond acceptors (Lipinski definition) is 5. The summed E-state index contributed by atoms with van der Waals surface area (Å²) in [5.74, 6) is 1.80. The summed E-state index contributed by atoms with van der Waals surface area (Å²) in [4.78, 5) is 8.45. The molecule has 1 rings (SSSR count). The van der Waals surface area contributed by atoms with Crippen LogP contribution in [0.1, 0.15) is 32.8 Å². The number of nitrogens with zero attached hydrogens (tertiary/aromatic N) is 2. The Balaban J connectivity index is 2.67. The molecule has 0 aliphatic carbocycles. The Kier molecular flexibility index (Phi) is 4.90. The number of hydrogen-bond donors (Lipinski definition) is 3. The van der Waals surface area contributed by atoms with Crippen molar-refractivity contribution < 1.29 is 5.11 Å². The number of aromatic nitrogens is 2. The maximum atomic E-state index is 10.2. The molecule has 18 heavy (non-hydrogen) atoms. The molecule has 0 bridgehead atoms. The van der Waals surface area contributed by atoms with Crippen LogP contribution in [0.3, 0.4) is 0 Å². The van der Waals surface area contributed by atoms with E-state index in [0.29, 0.717) is 18.4 Å². The molecule has 3 N–H and O–H groups in total. The van der Waals surface area contributed by atoms with Gasteiger partial charge in [0, 0.05) is 25.4 Å². The van der Waals surface area contributed by atoms with E-state index in [9.17, 15) is 5.11 Å². The van der Waals surface area contributed by atoms with Crippen LogP contribution in [0, 0.1) is 12.8 Å². The van der Waals surface area contributed by atoms with E-state index in [4.69, 9.17) is 0 Å². The molecule has 0 saturated carbocycles. The fraction of sp³-hybridized carbons (Fsp3) is 0.692. The van der Waals surface area contributed by atoms with Crippen LogP contribution in [0.4, 0.5) is 11.8 Å². The van der Waals surface area contributed by atoms with Gasteiger partial charge >= 0.3 is 0 Å². The van der Waals surface area contributed by atoms with Gasteiger partial charge in [0.05, 0.1) is 5.60 Å². The average molecular weight is 252 g/mol. The molecule has 0 saturated heterocycles. The van der Waals surface area contributed by atoms with Gasteiger partial charge in [-0.2, -0.15) is 4.98 Å². The highest BCUT2D eigenvalue weighted by atomic mass is 16.3. The van der Waals surface area contributed by atoms with Crippen LogP contribution < -0.4 is 10.6 Å². The lowest BCUT2D eigenvalue weighted by molar-refractivity contribution is 0.0514. The zero-order chi connectivity index (χ0) is 13.8. The fourth-order valence-corrected chi connectivity index (χ4v) is 1.97. The first-order valence-electron chi connectivity index (χ1n) is 6.31. The van der Waals surface area contributed by atoms with E-state index in [-0.39, 0.29) is 0 Å². The predicted molar refractivity (Wildman–Crippen MR) is 74.9 cm³/mol. The van der Waals surface area contributed by atoms with Crippen molar-refractivity contribution in [2.24, 2.45) is 5.92 Å². The maximum absolute atomic E-state index is 10.2. The lowest BCUT2D eigenvalue weighted by atomic mass is 9.94. The molecule has 1 atom stereocenters. The second-order valence-electron chi connectivity index (χ2n) is 5.42. The number of nitrogens with one attached hydrogen (secondary N) is 2. The van der Waals surface area contributed by atoms with Crippen LogP contribution in [0.2, 0.25) is 0 Å². The minimum absolute atomic E-state index is 0.459.